The predicted octanol–water partition coefficient (Wildman–Crippen LogP) is 4.87. The maximum atomic E-state index is 12.7. The number of ether oxygens (including phenoxy) is 1. The Bertz CT molecular complexity index is 1220. The number of benzene rings is 2. The molecule has 1 fully saturated rings. The van der Waals surface area contributed by atoms with Gasteiger partial charge in [0.25, 0.3) is 5.91 Å². The highest BCUT2D eigenvalue weighted by atomic mass is 35.5. The van der Waals surface area contributed by atoms with Crippen LogP contribution >= 0.6 is 23.2 Å². The zero-order valence-corrected chi connectivity index (χ0v) is 18.3. The minimum absolute atomic E-state index is 0.000601. The number of halogens is 2. The maximum absolute atomic E-state index is 12.7. The number of carbonyl (C=O) groups excluding carboxylic acids is 1. The molecule has 7 nitrogen and oxygen atoms in total. The Morgan fingerprint density at radius 3 is 2.26 bits per heavy atom. The molecule has 0 atom stereocenters. The van der Waals surface area contributed by atoms with E-state index in [1.807, 2.05) is 0 Å². The summed E-state index contributed by atoms with van der Waals surface area (Å²) in [7, 11) is -3.85. The number of amides is 1. The molecule has 10 heteroatoms. The van der Waals surface area contributed by atoms with Crippen LogP contribution in [0.5, 0.6) is 11.5 Å². The first kappa shape index (κ1) is 21.6. The molecular formula is C21H17Cl2N3O4S. The third-order valence-electron chi connectivity index (χ3n) is 4.45. The van der Waals surface area contributed by atoms with Gasteiger partial charge in [-0.1, -0.05) is 23.2 Å². The van der Waals surface area contributed by atoms with E-state index in [4.69, 9.17) is 27.9 Å². The molecule has 0 spiro atoms. The van der Waals surface area contributed by atoms with E-state index in [-0.39, 0.29) is 26.5 Å². The van der Waals surface area contributed by atoms with E-state index in [0.29, 0.717) is 17.2 Å². The Balaban J connectivity index is 1.51. The minimum atomic E-state index is -3.85. The van der Waals surface area contributed by atoms with Crippen molar-refractivity contribution in [2.75, 3.05) is 5.32 Å². The van der Waals surface area contributed by atoms with E-state index in [1.165, 1.54) is 12.1 Å². The van der Waals surface area contributed by atoms with Crippen molar-refractivity contribution in [2.45, 2.75) is 23.8 Å². The molecule has 0 saturated heterocycles. The van der Waals surface area contributed by atoms with Gasteiger partial charge in [-0.2, -0.15) is 0 Å². The van der Waals surface area contributed by atoms with Gasteiger partial charge in [-0.3, -0.25) is 9.78 Å². The van der Waals surface area contributed by atoms with Crippen LogP contribution in [0.2, 0.25) is 10.0 Å². The van der Waals surface area contributed by atoms with E-state index in [2.05, 4.69) is 15.0 Å². The van der Waals surface area contributed by atoms with Gasteiger partial charge in [-0.25, -0.2) is 13.1 Å². The van der Waals surface area contributed by atoms with Crippen molar-refractivity contribution in [1.29, 1.82) is 0 Å². The van der Waals surface area contributed by atoms with Crippen molar-refractivity contribution in [2.24, 2.45) is 0 Å². The summed E-state index contributed by atoms with van der Waals surface area (Å²) >= 11 is 12.2. The molecule has 1 amide bonds. The van der Waals surface area contributed by atoms with Crippen LogP contribution in [-0.2, 0) is 10.0 Å². The molecule has 160 valence electrons. The number of nitrogens with one attached hydrogen (secondary N) is 2. The summed E-state index contributed by atoms with van der Waals surface area (Å²) in [6.07, 6.45) is 4.79. The Labute approximate surface area is 189 Å². The summed E-state index contributed by atoms with van der Waals surface area (Å²) < 4.78 is 33.3. The number of sulfonamides is 1. The van der Waals surface area contributed by atoms with Crippen molar-refractivity contribution in [3.05, 3.63) is 76.5 Å². The zero-order valence-electron chi connectivity index (χ0n) is 16.0. The Morgan fingerprint density at radius 2 is 1.61 bits per heavy atom. The summed E-state index contributed by atoms with van der Waals surface area (Å²) in [5.41, 5.74) is 0.484. The molecule has 1 aromatic heterocycles. The number of nitrogens with zero attached hydrogens (tertiary/aromatic N) is 1. The summed E-state index contributed by atoms with van der Waals surface area (Å²) in [6, 6.07) is 12.5. The van der Waals surface area contributed by atoms with E-state index in [9.17, 15) is 13.2 Å². The molecule has 0 bridgehead atoms. The van der Waals surface area contributed by atoms with E-state index >= 15 is 0 Å². The van der Waals surface area contributed by atoms with Gasteiger partial charge in [0.15, 0.2) is 0 Å². The van der Waals surface area contributed by atoms with Gasteiger partial charge in [0.2, 0.25) is 10.0 Å². The topological polar surface area (TPSA) is 97.4 Å². The highest BCUT2D eigenvalue weighted by molar-refractivity contribution is 7.89. The first-order valence-electron chi connectivity index (χ1n) is 9.32. The lowest BCUT2D eigenvalue weighted by Gasteiger charge is -2.12. The van der Waals surface area contributed by atoms with Gasteiger partial charge in [0.1, 0.15) is 16.4 Å². The summed E-state index contributed by atoms with van der Waals surface area (Å²) in [6.45, 7) is 0. The van der Waals surface area contributed by atoms with Crippen LogP contribution in [0.3, 0.4) is 0 Å². The molecule has 0 aliphatic heterocycles. The van der Waals surface area contributed by atoms with Crippen molar-refractivity contribution in [1.82, 2.24) is 9.71 Å². The number of carbonyl (C=O) groups is 1. The molecule has 31 heavy (non-hydrogen) atoms. The van der Waals surface area contributed by atoms with E-state index in [1.54, 1.807) is 48.8 Å². The van der Waals surface area contributed by atoms with Crippen LogP contribution in [0.1, 0.15) is 23.2 Å². The first-order valence-corrected chi connectivity index (χ1v) is 11.6. The molecule has 2 N–H and O–H groups in total. The largest absolute Gasteiger partial charge is 0.457 e. The summed E-state index contributed by atoms with van der Waals surface area (Å²) in [5.74, 6) is 0.647. The molecule has 3 aromatic rings. The zero-order chi connectivity index (χ0) is 22.0. The van der Waals surface area contributed by atoms with Crippen LogP contribution in [0.15, 0.2) is 65.8 Å². The first-order chi connectivity index (χ1) is 14.8. The van der Waals surface area contributed by atoms with Gasteiger partial charge >= 0.3 is 0 Å². The highest BCUT2D eigenvalue weighted by Gasteiger charge is 2.30. The number of rotatable bonds is 7. The second-order valence-electron chi connectivity index (χ2n) is 6.92. The number of hydrogen-bond donors (Lipinski definition) is 2. The van der Waals surface area contributed by atoms with Gasteiger partial charge < -0.3 is 10.1 Å². The average Bonchev–Trinajstić information content (AvgIpc) is 3.53. The van der Waals surface area contributed by atoms with Gasteiger partial charge in [-0.15, -0.1) is 0 Å². The lowest BCUT2D eigenvalue weighted by molar-refractivity contribution is 0.102. The van der Waals surface area contributed by atoms with Crippen LogP contribution in [0.4, 0.5) is 5.69 Å². The SMILES string of the molecule is O=C(Nc1ccc(Oc2ccncc2)cc1)c1cc(S(=O)(=O)NC2CC2)c(Cl)cc1Cl. The van der Waals surface area contributed by atoms with Gasteiger partial charge in [0.05, 0.1) is 15.6 Å². The number of aromatic nitrogens is 1. The second kappa shape index (κ2) is 8.84. The van der Waals surface area contributed by atoms with Crippen molar-refractivity contribution in [3.8, 4) is 11.5 Å². The third-order valence-corrected chi connectivity index (χ3v) is 6.75. The molecule has 0 radical (unpaired) electrons. The van der Waals surface area contributed by atoms with Crippen LogP contribution in [0.25, 0.3) is 0 Å². The van der Waals surface area contributed by atoms with E-state index in [0.717, 1.165) is 12.8 Å². The fourth-order valence-corrected chi connectivity index (χ4v) is 4.90. The second-order valence-corrected chi connectivity index (χ2v) is 9.42. The molecule has 0 unspecified atom stereocenters. The Hall–Kier alpha value is -2.65. The lowest BCUT2D eigenvalue weighted by atomic mass is 10.2. The van der Waals surface area contributed by atoms with Crippen LogP contribution in [0, 0.1) is 0 Å². The van der Waals surface area contributed by atoms with Gasteiger partial charge in [-0.05, 0) is 61.4 Å². The quantitative estimate of drug-likeness (QED) is 0.505. The number of pyridine rings is 1. The molecule has 1 aliphatic carbocycles. The normalized spacial score (nSPS) is 13.6. The van der Waals surface area contributed by atoms with E-state index < -0.39 is 15.9 Å². The van der Waals surface area contributed by atoms with Crippen LogP contribution < -0.4 is 14.8 Å². The Morgan fingerprint density at radius 1 is 0.968 bits per heavy atom. The third kappa shape index (κ3) is 5.34. The van der Waals surface area contributed by atoms with Crippen LogP contribution in [-0.4, -0.2) is 25.4 Å². The molecule has 1 saturated carbocycles. The highest BCUT2D eigenvalue weighted by Crippen LogP contribution is 2.31. The molecule has 4 rings (SSSR count). The maximum Gasteiger partial charge on any atom is 0.257 e. The molecule has 1 aliphatic rings. The summed E-state index contributed by atoms with van der Waals surface area (Å²) in [4.78, 5) is 16.5. The smallest absolute Gasteiger partial charge is 0.257 e. The summed E-state index contributed by atoms with van der Waals surface area (Å²) in [5, 5.41) is 2.69. The number of hydrogen-bond acceptors (Lipinski definition) is 5. The standard InChI is InChI=1S/C21H17Cl2N3O4S/c22-18-12-19(23)20(31(28,29)26-14-1-2-14)11-17(18)21(27)25-13-3-5-15(6-4-13)30-16-7-9-24-10-8-16/h3-12,14,26H,1-2H2,(H,25,27). The predicted molar refractivity (Wildman–Crippen MR) is 119 cm³/mol. The monoisotopic (exact) mass is 477 g/mol. The fourth-order valence-electron chi connectivity index (χ4n) is 2.74. The molecular weight excluding hydrogens is 461 g/mol. The van der Waals surface area contributed by atoms with Crippen molar-refractivity contribution in [3.63, 3.8) is 0 Å². The minimum Gasteiger partial charge on any atom is -0.457 e. The molecule has 1 heterocycles. The number of anilines is 1. The Kier molecular flexibility index (Phi) is 6.15. The molecule has 2 aromatic carbocycles. The fraction of sp³-hybridized carbons (Fsp3) is 0.143. The lowest BCUT2D eigenvalue weighted by Crippen LogP contribution is -2.26. The average molecular weight is 478 g/mol. The van der Waals surface area contributed by atoms with Gasteiger partial charge in [0, 0.05) is 24.1 Å². The van der Waals surface area contributed by atoms with Crippen molar-refractivity contribution < 1.29 is 17.9 Å². The van der Waals surface area contributed by atoms with Crippen molar-refractivity contribution >= 4 is 44.8 Å².